The number of para-hydroxylation sites is 1. The normalized spacial score (nSPS) is 13.4. The highest BCUT2D eigenvalue weighted by molar-refractivity contribution is 6.42. The van der Waals surface area contributed by atoms with Gasteiger partial charge in [-0.3, -0.25) is 14.2 Å². The lowest BCUT2D eigenvalue weighted by Gasteiger charge is -2.06. The number of nitrogens with zero attached hydrogens (tertiary/aromatic N) is 2. The molecule has 3 aromatic carbocycles. The fourth-order valence-corrected chi connectivity index (χ4v) is 4.22. The van der Waals surface area contributed by atoms with Gasteiger partial charge in [-0.25, -0.2) is 0 Å². The van der Waals surface area contributed by atoms with Gasteiger partial charge in [0.2, 0.25) is 5.71 Å². The number of carbonyl (C=O) groups excluding carboxylic acids is 2. The molecule has 0 aliphatic heterocycles. The third kappa shape index (κ3) is 2.60. The van der Waals surface area contributed by atoms with Crippen LogP contribution >= 0.6 is 0 Å². The number of aromatic nitrogens is 2. The number of hydrogen-bond donors (Lipinski definition) is 0. The second kappa shape index (κ2) is 6.37. The molecule has 2 heterocycles. The molecule has 0 atom stereocenters. The summed E-state index contributed by atoms with van der Waals surface area (Å²) in [4.78, 5) is 30.9. The minimum Gasteiger partial charge on any atom is -0.442 e. The molecule has 148 valence electrons. The van der Waals surface area contributed by atoms with Crippen molar-refractivity contribution in [2.45, 2.75) is 6.92 Å². The molecule has 0 bridgehead atoms. The number of ketones is 2. The number of benzene rings is 3. The van der Waals surface area contributed by atoms with Gasteiger partial charge in [0.1, 0.15) is 17.1 Å². The van der Waals surface area contributed by atoms with Crippen molar-refractivity contribution in [1.82, 2.24) is 9.55 Å². The van der Waals surface area contributed by atoms with Crippen LogP contribution in [0.4, 0.5) is 0 Å². The lowest BCUT2D eigenvalue weighted by molar-refractivity contribution is 0.0990. The molecule has 0 unspecified atom stereocenters. The summed E-state index contributed by atoms with van der Waals surface area (Å²) < 4.78 is 7.61. The van der Waals surface area contributed by atoms with E-state index in [1.165, 1.54) is 0 Å². The lowest BCUT2D eigenvalue weighted by Crippen LogP contribution is -2.03. The Labute approximate surface area is 177 Å². The van der Waals surface area contributed by atoms with Crippen LogP contribution in [0.5, 0.6) is 0 Å². The second-order valence-electron chi connectivity index (χ2n) is 7.65. The van der Waals surface area contributed by atoms with Crippen molar-refractivity contribution in [2.75, 3.05) is 0 Å². The van der Waals surface area contributed by atoms with Gasteiger partial charge in [-0.1, -0.05) is 42.5 Å². The predicted molar refractivity (Wildman–Crippen MR) is 119 cm³/mol. The number of carbonyl (C=O) groups is 2. The van der Waals surface area contributed by atoms with Crippen LogP contribution in [0.25, 0.3) is 33.8 Å². The Hall–Kier alpha value is -4.25. The summed E-state index contributed by atoms with van der Waals surface area (Å²) in [6.45, 7) is 1.86. The van der Waals surface area contributed by atoms with Crippen molar-refractivity contribution >= 4 is 39.6 Å². The van der Waals surface area contributed by atoms with Gasteiger partial charge in [0.25, 0.3) is 0 Å². The van der Waals surface area contributed by atoms with E-state index in [0.29, 0.717) is 22.7 Å². The highest BCUT2D eigenvalue weighted by Gasteiger charge is 2.34. The zero-order valence-corrected chi connectivity index (χ0v) is 16.6. The van der Waals surface area contributed by atoms with Crippen molar-refractivity contribution in [1.29, 1.82) is 0 Å². The van der Waals surface area contributed by atoms with Gasteiger partial charge in [-0.2, -0.15) is 4.98 Å². The minimum absolute atomic E-state index is 0.117. The molecule has 0 N–H and O–H groups in total. The molecule has 0 saturated carbocycles. The molecule has 5 nitrogen and oxygen atoms in total. The van der Waals surface area contributed by atoms with E-state index in [4.69, 9.17) is 4.42 Å². The zero-order valence-electron chi connectivity index (χ0n) is 16.6. The summed E-state index contributed by atoms with van der Waals surface area (Å²) in [5, 5.41) is 1.87. The van der Waals surface area contributed by atoms with E-state index in [2.05, 4.69) is 4.98 Å². The van der Waals surface area contributed by atoms with Gasteiger partial charge < -0.3 is 4.42 Å². The number of aryl methyl sites for hydroxylation is 1. The molecule has 2 aromatic heterocycles. The number of fused-ring (bicyclic) bond motifs is 3. The molecule has 1 aliphatic carbocycles. The molecule has 0 radical (unpaired) electrons. The molecule has 1 aliphatic rings. The van der Waals surface area contributed by atoms with Crippen LogP contribution in [0.3, 0.4) is 0 Å². The van der Waals surface area contributed by atoms with E-state index >= 15 is 0 Å². The highest BCUT2D eigenvalue weighted by Crippen LogP contribution is 2.33. The van der Waals surface area contributed by atoms with Crippen LogP contribution in [0.15, 0.2) is 82.8 Å². The number of Topliss-reactive ketones (excluding diaryl/α,β-unsaturated/α-hetero) is 2. The van der Waals surface area contributed by atoms with Gasteiger partial charge in [0, 0.05) is 22.9 Å². The molecule has 0 amide bonds. The van der Waals surface area contributed by atoms with Crippen molar-refractivity contribution < 1.29 is 14.0 Å². The van der Waals surface area contributed by atoms with E-state index in [-0.39, 0.29) is 17.1 Å². The quantitative estimate of drug-likeness (QED) is 0.286. The molecule has 5 heteroatoms. The molecule has 5 aromatic rings. The SMILES string of the molecule is Cc1cc2c(nc(C=C3C(=O)c4cc5ccccc5cc4C3=O)n2-c2ccccc2)o1. The van der Waals surface area contributed by atoms with Crippen LogP contribution in [-0.2, 0) is 0 Å². The van der Waals surface area contributed by atoms with Gasteiger partial charge in [0.15, 0.2) is 11.6 Å². The van der Waals surface area contributed by atoms with Crippen LogP contribution in [-0.4, -0.2) is 21.1 Å². The van der Waals surface area contributed by atoms with E-state index in [1.54, 1.807) is 18.2 Å². The molecule has 0 spiro atoms. The molecule has 6 rings (SSSR count). The molecule has 0 fully saturated rings. The van der Waals surface area contributed by atoms with E-state index < -0.39 is 0 Å². The average Bonchev–Trinajstić information content (AvgIpc) is 3.37. The fraction of sp³-hybridized carbons (Fsp3) is 0.0385. The Morgan fingerprint density at radius 1 is 0.839 bits per heavy atom. The zero-order chi connectivity index (χ0) is 21.1. The summed E-state index contributed by atoms with van der Waals surface area (Å²) in [6.07, 6.45) is 1.58. The summed E-state index contributed by atoms with van der Waals surface area (Å²) in [5.74, 6) is 0.671. The average molecular weight is 404 g/mol. The summed E-state index contributed by atoms with van der Waals surface area (Å²) in [7, 11) is 0. The Balaban J connectivity index is 1.55. The third-order valence-electron chi connectivity index (χ3n) is 5.66. The standard InChI is InChI=1S/C26H16N2O3/c1-15-11-22-26(31-15)27-23(28(22)18-9-3-2-4-10-18)14-21-24(29)19-12-16-7-5-6-8-17(16)13-20(19)25(21)30/h2-14H,1H3. The lowest BCUT2D eigenvalue weighted by atomic mass is 10.0. The van der Waals surface area contributed by atoms with Gasteiger partial charge in [0.05, 0.1) is 5.57 Å². The Kier molecular flexibility index (Phi) is 3.62. The van der Waals surface area contributed by atoms with E-state index in [9.17, 15) is 9.59 Å². The molecule has 31 heavy (non-hydrogen) atoms. The number of furan rings is 1. The third-order valence-corrected chi connectivity index (χ3v) is 5.66. The Morgan fingerprint density at radius 3 is 2.10 bits per heavy atom. The van der Waals surface area contributed by atoms with Crippen molar-refractivity contribution in [3.63, 3.8) is 0 Å². The van der Waals surface area contributed by atoms with Crippen molar-refractivity contribution in [2.24, 2.45) is 0 Å². The van der Waals surface area contributed by atoms with Crippen molar-refractivity contribution in [3.05, 3.63) is 101 Å². The second-order valence-corrected chi connectivity index (χ2v) is 7.65. The van der Waals surface area contributed by atoms with Crippen LogP contribution in [0, 0.1) is 6.92 Å². The monoisotopic (exact) mass is 404 g/mol. The van der Waals surface area contributed by atoms with Gasteiger partial charge >= 0.3 is 0 Å². The first-order valence-electron chi connectivity index (χ1n) is 9.98. The smallest absolute Gasteiger partial charge is 0.245 e. The highest BCUT2D eigenvalue weighted by atomic mass is 16.3. The molecular weight excluding hydrogens is 388 g/mol. The van der Waals surface area contributed by atoms with E-state index in [1.807, 2.05) is 72.2 Å². The number of imidazole rings is 1. The minimum atomic E-state index is -0.277. The van der Waals surface area contributed by atoms with Crippen LogP contribution in [0.2, 0.25) is 0 Å². The maximum Gasteiger partial charge on any atom is 0.245 e. The maximum atomic E-state index is 13.2. The predicted octanol–water partition coefficient (Wildman–Crippen LogP) is 5.54. The molecule has 0 saturated heterocycles. The Morgan fingerprint density at radius 2 is 1.45 bits per heavy atom. The number of allylic oxidation sites excluding steroid dienone is 1. The van der Waals surface area contributed by atoms with Crippen molar-refractivity contribution in [3.8, 4) is 5.69 Å². The first-order chi connectivity index (χ1) is 15.1. The van der Waals surface area contributed by atoms with Gasteiger partial charge in [-0.05, 0) is 48.0 Å². The fourth-order valence-electron chi connectivity index (χ4n) is 4.22. The summed E-state index contributed by atoms with van der Waals surface area (Å²) in [5.41, 5.74) is 3.12. The summed E-state index contributed by atoms with van der Waals surface area (Å²) in [6, 6.07) is 22.9. The van der Waals surface area contributed by atoms with Crippen LogP contribution < -0.4 is 0 Å². The number of rotatable bonds is 2. The largest absolute Gasteiger partial charge is 0.442 e. The van der Waals surface area contributed by atoms with Gasteiger partial charge in [-0.15, -0.1) is 0 Å². The first-order valence-corrected chi connectivity index (χ1v) is 9.98. The van der Waals surface area contributed by atoms with Crippen LogP contribution in [0.1, 0.15) is 32.3 Å². The number of hydrogen-bond acceptors (Lipinski definition) is 4. The first kappa shape index (κ1) is 17.6. The Bertz CT molecular complexity index is 1510. The maximum absolute atomic E-state index is 13.2. The molecular formula is C26H16N2O3. The van der Waals surface area contributed by atoms with E-state index in [0.717, 1.165) is 27.7 Å². The summed E-state index contributed by atoms with van der Waals surface area (Å²) >= 11 is 0. The topological polar surface area (TPSA) is 65.1 Å².